The van der Waals surface area contributed by atoms with Gasteiger partial charge in [0.1, 0.15) is 11.6 Å². The van der Waals surface area contributed by atoms with Crippen molar-refractivity contribution in [2.45, 2.75) is 33.6 Å². The Labute approximate surface area is 180 Å². The average molecular weight is 420 g/mol. The summed E-state index contributed by atoms with van der Waals surface area (Å²) in [6.45, 7) is 6.83. The highest BCUT2D eigenvalue weighted by Gasteiger charge is 2.15. The van der Waals surface area contributed by atoms with Gasteiger partial charge >= 0.3 is 0 Å². The van der Waals surface area contributed by atoms with Gasteiger partial charge in [0.25, 0.3) is 0 Å². The summed E-state index contributed by atoms with van der Waals surface area (Å²) in [5.41, 5.74) is 4.11. The lowest BCUT2D eigenvalue weighted by atomic mass is 9.93. The third-order valence-corrected chi connectivity index (χ3v) is 4.92. The highest BCUT2D eigenvalue weighted by atomic mass is 19.1. The van der Waals surface area contributed by atoms with Crippen LogP contribution < -0.4 is 10.6 Å². The van der Waals surface area contributed by atoms with Gasteiger partial charge in [-0.2, -0.15) is 0 Å². The van der Waals surface area contributed by atoms with E-state index in [1.54, 1.807) is 24.3 Å². The molecule has 5 nitrogen and oxygen atoms in total. The van der Waals surface area contributed by atoms with Crippen LogP contribution in [0.5, 0.6) is 5.75 Å². The van der Waals surface area contributed by atoms with Gasteiger partial charge in [-0.1, -0.05) is 44.2 Å². The van der Waals surface area contributed by atoms with Crippen LogP contribution in [-0.2, 0) is 9.59 Å². The van der Waals surface area contributed by atoms with E-state index in [-0.39, 0.29) is 29.2 Å². The molecule has 6 heteroatoms. The van der Waals surface area contributed by atoms with Crippen molar-refractivity contribution in [2.75, 3.05) is 10.6 Å². The van der Waals surface area contributed by atoms with Crippen LogP contribution in [0.25, 0.3) is 22.3 Å². The molecule has 2 amide bonds. The number of anilines is 2. The molecular weight excluding hydrogens is 395 g/mol. The largest absolute Gasteiger partial charge is 0.507 e. The first-order valence-electron chi connectivity index (χ1n) is 9.98. The van der Waals surface area contributed by atoms with Crippen molar-refractivity contribution in [1.29, 1.82) is 0 Å². The number of carbonyl (C=O) groups excluding carboxylic acids is 2. The van der Waals surface area contributed by atoms with E-state index in [1.807, 2.05) is 32.0 Å². The number of rotatable bonds is 5. The van der Waals surface area contributed by atoms with E-state index in [1.165, 1.54) is 26.0 Å². The maximum Gasteiger partial charge on any atom is 0.221 e. The zero-order valence-electron chi connectivity index (χ0n) is 17.9. The average Bonchev–Trinajstić information content (AvgIpc) is 2.69. The number of phenolic OH excluding ortho intramolecular Hbond substituents is 1. The number of halogens is 1. The Bertz CT molecular complexity index is 1160. The van der Waals surface area contributed by atoms with Crippen LogP contribution >= 0.6 is 0 Å². The molecule has 160 valence electrons. The maximum atomic E-state index is 14.4. The van der Waals surface area contributed by atoms with Crippen LogP contribution in [0.15, 0.2) is 54.6 Å². The summed E-state index contributed by atoms with van der Waals surface area (Å²) in [5.74, 6) is -0.914. The minimum absolute atomic E-state index is 0.0242. The van der Waals surface area contributed by atoms with E-state index in [9.17, 15) is 19.1 Å². The highest BCUT2D eigenvalue weighted by molar-refractivity contribution is 5.91. The predicted octanol–water partition coefficient (Wildman–Crippen LogP) is 5.91. The van der Waals surface area contributed by atoms with Gasteiger partial charge in [0, 0.05) is 30.7 Å². The van der Waals surface area contributed by atoms with Gasteiger partial charge in [-0.05, 0) is 46.9 Å². The molecule has 31 heavy (non-hydrogen) atoms. The molecule has 0 atom stereocenters. The van der Waals surface area contributed by atoms with Crippen molar-refractivity contribution >= 4 is 23.2 Å². The first-order chi connectivity index (χ1) is 14.7. The Morgan fingerprint density at radius 1 is 0.839 bits per heavy atom. The summed E-state index contributed by atoms with van der Waals surface area (Å²) >= 11 is 0. The van der Waals surface area contributed by atoms with Crippen molar-refractivity contribution in [3.8, 4) is 28.0 Å². The quantitative estimate of drug-likeness (QED) is 0.480. The number of hydrogen-bond acceptors (Lipinski definition) is 3. The van der Waals surface area contributed by atoms with Crippen LogP contribution in [0, 0.1) is 5.82 Å². The summed E-state index contributed by atoms with van der Waals surface area (Å²) in [7, 11) is 0. The van der Waals surface area contributed by atoms with Gasteiger partial charge in [0.05, 0.1) is 5.69 Å². The molecule has 3 N–H and O–H groups in total. The molecule has 0 saturated heterocycles. The molecule has 0 heterocycles. The van der Waals surface area contributed by atoms with E-state index in [2.05, 4.69) is 10.6 Å². The lowest BCUT2D eigenvalue weighted by Gasteiger charge is -2.17. The molecule has 0 unspecified atom stereocenters. The molecular formula is C25H25FN2O3. The van der Waals surface area contributed by atoms with Gasteiger partial charge in [-0.15, -0.1) is 0 Å². The fourth-order valence-corrected chi connectivity index (χ4v) is 3.49. The minimum atomic E-state index is -0.584. The minimum Gasteiger partial charge on any atom is -0.507 e. The number of nitrogens with one attached hydrogen (secondary N) is 2. The third kappa shape index (κ3) is 4.91. The molecule has 0 aliphatic rings. The zero-order valence-corrected chi connectivity index (χ0v) is 17.9. The molecule has 0 radical (unpaired) electrons. The Kier molecular flexibility index (Phi) is 6.39. The van der Waals surface area contributed by atoms with E-state index >= 15 is 0 Å². The molecule has 3 aromatic carbocycles. The molecule has 0 aromatic heterocycles. The molecule has 0 fully saturated rings. The number of aromatic hydroxyl groups is 1. The Morgan fingerprint density at radius 2 is 1.35 bits per heavy atom. The van der Waals surface area contributed by atoms with Crippen LogP contribution in [0.2, 0.25) is 0 Å². The number of phenols is 1. The van der Waals surface area contributed by atoms with Crippen LogP contribution in [0.4, 0.5) is 15.8 Å². The van der Waals surface area contributed by atoms with Crippen molar-refractivity contribution < 1.29 is 19.1 Å². The molecule has 0 aliphatic heterocycles. The maximum absolute atomic E-state index is 14.4. The normalized spacial score (nSPS) is 10.8. The SMILES string of the molecule is CC(=O)Nc1ccc(-c2cccc(-c3ccc(NC(C)=O)c(C(C)C)c3)c2O)cc1F. The first kappa shape index (κ1) is 22.0. The standard InChI is InChI=1S/C25H25FN2O3/c1-14(2)21-12-17(8-10-23(21)27-15(3)29)19-6-5-7-20(25(19)31)18-9-11-24(22(26)13-18)28-16(4)30/h5-14,31H,1-4H3,(H,27,29)(H,28,30). The fourth-order valence-electron chi connectivity index (χ4n) is 3.49. The fraction of sp³-hybridized carbons (Fsp3) is 0.200. The van der Waals surface area contributed by atoms with Crippen LogP contribution in [0.1, 0.15) is 39.2 Å². The van der Waals surface area contributed by atoms with E-state index in [4.69, 9.17) is 0 Å². The summed E-state index contributed by atoms with van der Waals surface area (Å²) in [5, 5.41) is 16.3. The lowest BCUT2D eigenvalue weighted by molar-refractivity contribution is -0.115. The zero-order chi connectivity index (χ0) is 22.7. The molecule has 0 saturated carbocycles. The van der Waals surface area contributed by atoms with Crippen molar-refractivity contribution in [3.63, 3.8) is 0 Å². The second kappa shape index (κ2) is 9.00. The number of carbonyl (C=O) groups is 2. The van der Waals surface area contributed by atoms with Crippen molar-refractivity contribution in [2.24, 2.45) is 0 Å². The molecule has 0 bridgehead atoms. The number of para-hydroxylation sites is 1. The van der Waals surface area contributed by atoms with Gasteiger partial charge in [-0.25, -0.2) is 4.39 Å². The van der Waals surface area contributed by atoms with Crippen molar-refractivity contribution in [1.82, 2.24) is 0 Å². The number of hydrogen-bond donors (Lipinski definition) is 3. The Morgan fingerprint density at radius 3 is 1.87 bits per heavy atom. The second-order valence-corrected chi connectivity index (χ2v) is 7.72. The Balaban J connectivity index is 2.05. The van der Waals surface area contributed by atoms with E-state index in [0.717, 1.165) is 16.8 Å². The lowest BCUT2D eigenvalue weighted by Crippen LogP contribution is -2.08. The topological polar surface area (TPSA) is 78.4 Å². The summed E-state index contributed by atoms with van der Waals surface area (Å²) in [4.78, 5) is 22.7. The monoisotopic (exact) mass is 420 g/mol. The van der Waals surface area contributed by atoms with Crippen LogP contribution in [-0.4, -0.2) is 16.9 Å². The summed E-state index contributed by atoms with van der Waals surface area (Å²) in [6, 6.07) is 15.3. The first-order valence-corrected chi connectivity index (χ1v) is 9.98. The summed E-state index contributed by atoms with van der Waals surface area (Å²) in [6.07, 6.45) is 0. The van der Waals surface area contributed by atoms with E-state index < -0.39 is 5.82 Å². The number of amides is 2. The number of benzene rings is 3. The van der Waals surface area contributed by atoms with E-state index in [0.29, 0.717) is 16.7 Å². The van der Waals surface area contributed by atoms with Crippen LogP contribution in [0.3, 0.4) is 0 Å². The second-order valence-electron chi connectivity index (χ2n) is 7.72. The molecule has 0 spiro atoms. The predicted molar refractivity (Wildman–Crippen MR) is 122 cm³/mol. The smallest absolute Gasteiger partial charge is 0.221 e. The van der Waals surface area contributed by atoms with Crippen molar-refractivity contribution in [3.05, 3.63) is 66.0 Å². The Hall–Kier alpha value is -3.67. The molecule has 0 aliphatic carbocycles. The van der Waals surface area contributed by atoms with Gasteiger partial charge in [-0.3, -0.25) is 9.59 Å². The third-order valence-electron chi connectivity index (χ3n) is 4.92. The van der Waals surface area contributed by atoms with Gasteiger partial charge in [0.15, 0.2) is 0 Å². The molecule has 3 aromatic rings. The van der Waals surface area contributed by atoms with Gasteiger partial charge < -0.3 is 15.7 Å². The van der Waals surface area contributed by atoms with Gasteiger partial charge in [0.2, 0.25) is 11.8 Å². The molecule has 3 rings (SSSR count). The summed E-state index contributed by atoms with van der Waals surface area (Å²) < 4.78 is 14.4. The highest BCUT2D eigenvalue weighted by Crippen LogP contribution is 2.40.